The quantitative estimate of drug-likeness (QED) is 0.727. The second kappa shape index (κ2) is 4.73. The van der Waals surface area contributed by atoms with Gasteiger partial charge in [0.2, 0.25) is 0 Å². The van der Waals surface area contributed by atoms with Gasteiger partial charge in [0.25, 0.3) is 0 Å². The lowest BCUT2D eigenvalue weighted by Gasteiger charge is -2.36. The van der Waals surface area contributed by atoms with Crippen molar-refractivity contribution in [2.45, 2.75) is 13.0 Å². The first-order chi connectivity index (χ1) is 7.27. The summed E-state index contributed by atoms with van der Waals surface area (Å²) in [5.74, 6) is 0. The number of likely N-dealkylation sites (N-methyl/N-ethyl adjacent to an activating group) is 1. The first-order valence-electron chi connectivity index (χ1n) is 5.61. The Morgan fingerprint density at radius 3 is 2.53 bits per heavy atom. The lowest BCUT2D eigenvalue weighted by atomic mass is 10.1. The van der Waals surface area contributed by atoms with Crippen LogP contribution in [0.3, 0.4) is 0 Å². The average molecular weight is 205 g/mol. The van der Waals surface area contributed by atoms with Crippen LogP contribution in [0.15, 0.2) is 24.4 Å². The molecule has 15 heavy (non-hydrogen) atoms. The van der Waals surface area contributed by atoms with Crippen LogP contribution >= 0.6 is 0 Å². The Hall–Kier alpha value is -0.930. The molecular formula is C12H19N3. The highest BCUT2D eigenvalue weighted by atomic mass is 15.3. The molecule has 1 aromatic rings. The fraction of sp³-hybridized carbons (Fsp3) is 0.583. The SMILES string of the molecule is CC(c1ccccn1)N1CCN(C)CC1. The zero-order valence-electron chi connectivity index (χ0n) is 9.56. The number of hydrogen-bond acceptors (Lipinski definition) is 3. The fourth-order valence-electron chi connectivity index (χ4n) is 2.02. The van der Waals surface area contributed by atoms with Crippen molar-refractivity contribution in [2.75, 3.05) is 33.2 Å². The molecule has 1 saturated heterocycles. The number of aromatic nitrogens is 1. The van der Waals surface area contributed by atoms with E-state index < -0.39 is 0 Å². The van der Waals surface area contributed by atoms with Crippen molar-refractivity contribution in [3.8, 4) is 0 Å². The lowest BCUT2D eigenvalue weighted by molar-refractivity contribution is 0.117. The van der Waals surface area contributed by atoms with Gasteiger partial charge in [0.05, 0.1) is 5.69 Å². The first kappa shape index (κ1) is 10.6. The third-order valence-corrected chi connectivity index (χ3v) is 3.20. The Labute approximate surface area is 91.7 Å². The van der Waals surface area contributed by atoms with Gasteiger partial charge in [0, 0.05) is 38.4 Å². The third kappa shape index (κ3) is 2.55. The smallest absolute Gasteiger partial charge is 0.0572 e. The summed E-state index contributed by atoms with van der Waals surface area (Å²) < 4.78 is 0. The normalized spacial score (nSPS) is 21.5. The van der Waals surface area contributed by atoms with E-state index in [1.165, 1.54) is 5.69 Å². The minimum atomic E-state index is 0.444. The molecule has 0 spiro atoms. The molecule has 0 amide bonds. The standard InChI is InChI=1S/C12H19N3/c1-11(12-5-3-4-6-13-12)15-9-7-14(2)8-10-15/h3-6,11H,7-10H2,1-2H3. The summed E-state index contributed by atoms with van der Waals surface area (Å²) in [7, 11) is 2.18. The van der Waals surface area contributed by atoms with Crippen molar-refractivity contribution >= 4 is 0 Å². The van der Waals surface area contributed by atoms with E-state index >= 15 is 0 Å². The topological polar surface area (TPSA) is 19.4 Å². The largest absolute Gasteiger partial charge is 0.304 e. The van der Waals surface area contributed by atoms with Crippen molar-refractivity contribution in [3.63, 3.8) is 0 Å². The van der Waals surface area contributed by atoms with Crippen LogP contribution < -0.4 is 0 Å². The second-order valence-electron chi connectivity index (χ2n) is 4.27. The van der Waals surface area contributed by atoms with Gasteiger partial charge in [0.15, 0.2) is 0 Å². The van der Waals surface area contributed by atoms with Gasteiger partial charge >= 0.3 is 0 Å². The molecule has 0 aliphatic carbocycles. The number of nitrogens with zero attached hydrogens (tertiary/aromatic N) is 3. The van der Waals surface area contributed by atoms with Crippen LogP contribution in [0.5, 0.6) is 0 Å². The van der Waals surface area contributed by atoms with Gasteiger partial charge in [-0.1, -0.05) is 6.07 Å². The van der Waals surface area contributed by atoms with Crippen molar-refractivity contribution in [3.05, 3.63) is 30.1 Å². The predicted molar refractivity (Wildman–Crippen MR) is 61.7 cm³/mol. The van der Waals surface area contributed by atoms with Gasteiger partial charge in [-0.25, -0.2) is 0 Å². The average Bonchev–Trinajstić information content (AvgIpc) is 2.30. The van der Waals surface area contributed by atoms with Crippen LogP contribution in [0.4, 0.5) is 0 Å². The Balaban J connectivity index is 1.99. The summed E-state index contributed by atoms with van der Waals surface area (Å²) >= 11 is 0. The Morgan fingerprint density at radius 2 is 1.93 bits per heavy atom. The molecule has 0 bridgehead atoms. The number of piperazine rings is 1. The Bertz CT molecular complexity index is 291. The highest BCUT2D eigenvalue weighted by Crippen LogP contribution is 2.18. The van der Waals surface area contributed by atoms with Crippen molar-refractivity contribution in [1.82, 2.24) is 14.8 Å². The van der Waals surface area contributed by atoms with Crippen molar-refractivity contribution in [1.29, 1.82) is 0 Å². The maximum Gasteiger partial charge on any atom is 0.0572 e. The Morgan fingerprint density at radius 1 is 1.20 bits per heavy atom. The second-order valence-corrected chi connectivity index (χ2v) is 4.27. The molecule has 2 rings (SSSR count). The summed E-state index contributed by atoms with van der Waals surface area (Å²) in [6.07, 6.45) is 1.88. The highest BCUT2D eigenvalue weighted by Gasteiger charge is 2.20. The summed E-state index contributed by atoms with van der Waals surface area (Å²) in [5.41, 5.74) is 1.18. The van der Waals surface area contributed by atoms with Gasteiger partial charge in [-0.3, -0.25) is 9.88 Å². The maximum absolute atomic E-state index is 4.42. The third-order valence-electron chi connectivity index (χ3n) is 3.20. The lowest BCUT2D eigenvalue weighted by Crippen LogP contribution is -2.45. The van der Waals surface area contributed by atoms with E-state index in [1.54, 1.807) is 0 Å². The molecule has 0 N–H and O–H groups in total. The van der Waals surface area contributed by atoms with Crippen LogP contribution in [0.1, 0.15) is 18.7 Å². The summed E-state index contributed by atoms with van der Waals surface area (Å²) in [6, 6.07) is 6.60. The van der Waals surface area contributed by atoms with E-state index in [4.69, 9.17) is 0 Å². The zero-order chi connectivity index (χ0) is 10.7. The molecule has 2 heterocycles. The molecule has 1 fully saturated rings. The molecule has 0 aromatic carbocycles. The fourth-order valence-corrected chi connectivity index (χ4v) is 2.02. The summed E-state index contributed by atoms with van der Waals surface area (Å²) in [6.45, 7) is 6.87. The van der Waals surface area contributed by atoms with Gasteiger partial charge in [-0.2, -0.15) is 0 Å². The number of hydrogen-bond donors (Lipinski definition) is 0. The Kier molecular flexibility index (Phi) is 3.34. The van der Waals surface area contributed by atoms with E-state index in [2.05, 4.69) is 40.9 Å². The molecule has 3 nitrogen and oxygen atoms in total. The monoisotopic (exact) mass is 205 g/mol. The molecule has 1 atom stereocenters. The van der Waals surface area contributed by atoms with Gasteiger partial charge in [-0.15, -0.1) is 0 Å². The number of pyridine rings is 1. The van der Waals surface area contributed by atoms with Crippen LogP contribution in [-0.2, 0) is 0 Å². The minimum Gasteiger partial charge on any atom is -0.304 e. The summed E-state index contributed by atoms with van der Waals surface area (Å²) in [4.78, 5) is 9.30. The molecule has 1 aromatic heterocycles. The van der Waals surface area contributed by atoms with E-state index in [0.717, 1.165) is 26.2 Å². The molecule has 1 unspecified atom stereocenters. The van der Waals surface area contributed by atoms with E-state index in [-0.39, 0.29) is 0 Å². The van der Waals surface area contributed by atoms with Gasteiger partial charge in [-0.05, 0) is 26.1 Å². The van der Waals surface area contributed by atoms with E-state index in [0.29, 0.717) is 6.04 Å². The molecular weight excluding hydrogens is 186 g/mol. The molecule has 3 heteroatoms. The van der Waals surface area contributed by atoms with Crippen LogP contribution in [0.2, 0.25) is 0 Å². The molecule has 0 radical (unpaired) electrons. The zero-order valence-corrected chi connectivity index (χ0v) is 9.56. The predicted octanol–water partition coefficient (Wildman–Crippen LogP) is 1.39. The molecule has 82 valence electrons. The van der Waals surface area contributed by atoms with Crippen LogP contribution in [-0.4, -0.2) is 48.0 Å². The van der Waals surface area contributed by atoms with Crippen molar-refractivity contribution < 1.29 is 0 Å². The minimum absolute atomic E-state index is 0.444. The van der Waals surface area contributed by atoms with Gasteiger partial charge < -0.3 is 4.90 Å². The molecule has 0 saturated carbocycles. The first-order valence-corrected chi connectivity index (χ1v) is 5.61. The van der Waals surface area contributed by atoms with Crippen LogP contribution in [0, 0.1) is 0 Å². The molecule has 1 aliphatic rings. The van der Waals surface area contributed by atoms with E-state index in [1.807, 2.05) is 12.3 Å². The molecule has 1 aliphatic heterocycles. The highest BCUT2D eigenvalue weighted by molar-refractivity contribution is 5.08. The van der Waals surface area contributed by atoms with Crippen LogP contribution in [0.25, 0.3) is 0 Å². The maximum atomic E-state index is 4.42. The number of rotatable bonds is 2. The summed E-state index contributed by atoms with van der Waals surface area (Å²) in [5, 5.41) is 0. The van der Waals surface area contributed by atoms with Gasteiger partial charge in [0.1, 0.15) is 0 Å². The van der Waals surface area contributed by atoms with E-state index in [9.17, 15) is 0 Å². The van der Waals surface area contributed by atoms with Crippen molar-refractivity contribution in [2.24, 2.45) is 0 Å².